The lowest BCUT2D eigenvalue weighted by atomic mass is 10.0. The molecule has 4 rings (SSSR count). The standard InChI is InChI=1S/C28H28N2O3/c1-3-5-11-20-16-18-22(19-17-20)30-27(31)25(21-12-7-6-8-13-21)26(28(30)32)29-23-14-9-10-15-24(23)33-4-2/h6-10,12-19,29H,3-5,11H2,1-2H3. The predicted octanol–water partition coefficient (Wildman–Crippen LogP) is 5.82. The van der Waals surface area contributed by atoms with Crippen molar-refractivity contribution in [1.29, 1.82) is 0 Å². The van der Waals surface area contributed by atoms with Gasteiger partial charge in [-0.25, -0.2) is 4.90 Å². The minimum atomic E-state index is -0.383. The van der Waals surface area contributed by atoms with E-state index in [9.17, 15) is 9.59 Å². The monoisotopic (exact) mass is 440 g/mol. The highest BCUT2D eigenvalue weighted by Crippen LogP contribution is 2.35. The number of benzene rings is 3. The van der Waals surface area contributed by atoms with Crippen LogP contribution >= 0.6 is 0 Å². The first kappa shape index (κ1) is 22.3. The van der Waals surface area contributed by atoms with Gasteiger partial charge in [0, 0.05) is 0 Å². The van der Waals surface area contributed by atoms with Gasteiger partial charge in [-0.2, -0.15) is 0 Å². The van der Waals surface area contributed by atoms with Crippen LogP contribution in [0.25, 0.3) is 5.57 Å². The van der Waals surface area contributed by atoms with E-state index < -0.39 is 0 Å². The Morgan fingerprint density at radius 1 is 0.818 bits per heavy atom. The lowest BCUT2D eigenvalue weighted by molar-refractivity contribution is -0.120. The summed E-state index contributed by atoms with van der Waals surface area (Å²) in [5, 5.41) is 3.20. The molecule has 168 valence electrons. The fraction of sp³-hybridized carbons (Fsp3) is 0.214. The van der Waals surface area contributed by atoms with Gasteiger partial charge in [0.05, 0.1) is 23.6 Å². The summed E-state index contributed by atoms with van der Waals surface area (Å²) in [4.78, 5) is 28.4. The molecule has 1 aliphatic rings. The highest BCUT2D eigenvalue weighted by molar-refractivity contribution is 6.46. The fourth-order valence-electron chi connectivity index (χ4n) is 3.93. The van der Waals surface area contributed by atoms with Crippen molar-refractivity contribution in [3.8, 4) is 5.75 Å². The van der Waals surface area contributed by atoms with E-state index in [1.54, 1.807) is 0 Å². The second-order valence-corrected chi connectivity index (χ2v) is 7.89. The first-order valence-corrected chi connectivity index (χ1v) is 11.4. The molecule has 0 saturated carbocycles. The van der Waals surface area contributed by atoms with Crippen molar-refractivity contribution in [3.05, 3.63) is 95.7 Å². The number of unbranched alkanes of at least 4 members (excludes halogenated alkanes) is 1. The molecule has 0 atom stereocenters. The maximum atomic E-state index is 13.6. The topological polar surface area (TPSA) is 58.6 Å². The summed E-state index contributed by atoms with van der Waals surface area (Å²) in [5.74, 6) is -0.103. The van der Waals surface area contributed by atoms with Crippen LogP contribution in [0.3, 0.4) is 0 Å². The van der Waals surface area contributed by atoms with Crippen molar-refractivity contribution in [3.63, 3.8) is 0 Å². The maximum Gasteiger partial charge on any atom is 0.282 e. The molecule has 3 aromatic carbocycles. The Bertz CT molecular complexity index is 1170. The average Bonchev–Trinajstić information content (AvgIpc) is 3.09. The number of imide groups is 1. The second-order valence-electron chi connectivity index (χ2n) is 7.89. The highest BCUT2D eigenvalue weighted by atomic mass is 16.5. The number of nitrogens with one attached hydrogen (secondary N) is 1. The largest absolute Gasteiger partial charge is 0.492 e. The summed E-state index contributed by atoms with van der Waals surface area (Å²) in [6, 6.07) is 24.4. The molecular formula is C28H28N2O3. The number of amides is 2. The first-order chi connectivity index (χ1) is 16.1. The Hall–Kier alpha value is -3.86. The number of hydrogen-bond donors (Lipinski definition) is 1. The molecule has 0 unspecified atom stereocenters. The molecule has 1 heterocycles. The number of para-hydroxylation sites is 2. The Kier molecular flexibility index (Phi) is 6.89. The summed E-state index contributed by atoms with van der Waals surface area (Å²) >= 11 is 0. The van der Waals surface area contributed by atoms with Gasteiger partial charge >= 0.3 is 0 Å². The number of nitrogens with zero attached hydrogens (tertiary/aromatic N) is 1. The number of ether oxygens (including phenoxy) is 1. The molecule has 0 fully saturated rings. The van der Waals surface area contributed by atoms with Gasteiger partial charge in [-0.15, -0.1) is 0 Å². The molecule has 0 spiro atoms. The smallest absolute Gasteiger partial charge is 0.282 e. The van der Waals surface area contributed by atoms with Crippen LogP contribution in [0.4, 0.5) is 11.4 Å². The van der Waals surface area contributed by atoms with Crippen molar-refractivity contribution in [2.75, 3.05) is 16.8 Å². The minimum Gasteiger partial charge on any atom is -0.492 e. The van der Waals surface area contributed by atoms with Crippen molar-refractivity contribution in [2.24, 2.45) is 0 Å². The molecule has 1 N–H and O–H groups in total. The Morgan fingerprint density at radius 2 is 1.52 bits per heavy atom. The second kappa shape index (κ2) is 10.2. The molecule has 0 aromatic heterocycles. The molecule has 5 heteroatoms. The summed E-state index contributed by atoms with van der Waals surface area (Å²) in [6.07, 6.45) is 3.20. The van der Waals surface area contributed by atoms with E-state index in [0.29, 0.717) is 34.9 Å². The van der Waals surface area contributed by atoms with E-state index in [0.717, 1.165) is 19.3 Å². The van der Waals surface area contributed by atoms with Gasteiger partial charge < -0.3 is 10.1 Å². The van der Waals surface area contributed by atoms with Crippen molar-refractivity contribution in [2.45, 2.75) is 33.1 Å². The SMILES string of the molecule is CCCCc1ccc(N2C(=O)C(Nc3ccccc3OCC)=C(c3ccccc3)C2=O)cc1. The van der Waals surface area contributed by atoms with Gasteiger partial charge in [-0.1, -0.05) is 67.9 Å². The van der Waals surface area contributed by atoms with Gasteiger partial charge in [-0.3, -0.25) is 9.59 Å². The first-order valence-electron chi connectivity index (χ1n) is 11.4. The van der Waals surface area contributed by atoms with Gasteiger partial charge in [0.1, 0.15) is 11.4 Å². The number of rotatable bonds is 9. The molecule has 0 saturated heterocycles. The van der Waals surface area contributed by atoms with Gasteiger partial charge in [-0.05, 0) is 55.2 Å². The lowest BCUT2D eigenvalue weighted by Gasteiger charge is -2.16. The minimum absolute atomic E-state index is 0.244. The van der Waals surface area contributed by atoms with Gasteiger partial charge in [0.25, 0.3) is 11.8 Å². The quantitative estimate of drug-likeness (QED) is 0.426. The van der Waals surface area contributed by atoms with E-state index in [1.807, 2.05) is 85.8 Å². The number of carbonyl (C=O) groups excluding carboxylic acids is 2. The zero-order chi connectivity index (χ0) is 23.2. The Balaban J connectivity index is 1.73. The number of aryl methyl sites for hydroxylation is 1. The molecule has 0 aliphatic carbocycles. The van der Waals surface area contributed by atoms with Crippen molar-refractivity contribution >= 4 is 28.8 Å². The molecule has 2 amide bonds. The maximum absolute atomic E-state index is 13.6. The molecule has 33 heavy (non-hydrogen) atoms. The molecular weight excluding hydrogens is 412 g/mol. The normalized spacial score (nSPS) is 13.6. The van der Waals surface area contributed by atoms with E-state index >= 15 is 0 Å². The van der Waals surface area contributed by atoms with E-state index in [2.05, 4.69) is 12.2 Å². The Morgan fingerprint density at radius 3 is 2.21 bits per heavy atom. The van der Waals surface area contributed by atoms with Crippen LogP contribution in [-0.2, 0) is 16.0 Å². The molecule has 1 aliphatic heterocycles. The van der Waals surface area contributed by atoms with E-state index in [1.165, 1.54) is 10.5 Å². The average molecular weight is 441 g/mol. The van der Waals surface area contributed by atoms with Crippen LogP contribution in [0.1, 0.15) is 37.8 Å². The predicted molar refractivity (Wildman–Crippen MR) is 132 cm³/mol. The van der Waals surface area contributed by atoms with Gasteiger partial charge in [0.15, 0.2) is 0 Å². The van der Waals surface area contributed by atoms with Crippen LogP contribution in [0.5, 0.6) is 5.75 Å². The van der Waals surface area contributed by atoms with Crippen LogP contribution < -0.4 is 15.0 Å². The molecule has 0 bridgehead atoms. The number of anilines is 2. The van der Waals surface area contributed by atoms with E-state index in [-0.39, 0.29) is 17.5 Å². The summed E-state index contributed by atoms with van der Waals surface area (Å²) in [7, 11) is 0. The third-order valence-corrected chi connectivity index (χ3v) is 5.61. The molecule has 0 radical (unpaired) electrons. The van der Waals surface area contributed by atoms with Crippen LogP contribution in [0, 0.1) is 0 Å². The Labute approximate surface area is 194 Å². The lowest BCUT2D eigenvalue weighted by Crippen LogP contribution is -2.32. The molecule has 5 nitrogen and oxygen atoms in total. The molecule has 3 aromatic rings. The highest BCUT2D eigenvalue weighted by Gasteiger charge is 2.40. The zero-order valence-corrected chi connectivity index (χ0v) is 19.0. The third kappa shape index (κ3) is 4.67. The zero-order valence-electron chi connectivity index (χ0n) is 19.0. The van der Waals surface area contributed by atoms with Crippen LogP contribution in [0.15, 0.2) is 84.6 Å². The number of carbonyl (C=O) groups is 2. The van der Waals surface area contributed by atoms with Crippen molar-refractivity contribution < 1.29 is 14.3 Å². The van der Waals surface area contributed by atoms with E-state index in [4.69, 9.17) is 4.74 Å². The third-order valence-electron chi connectivity index (χ3n) is 5.61. The summed E-state index contributed by atoms with van der Waals surface area (Å²) in [6.45, 7) is 4.55. The number of hydrogen-bond acceptors (Lipinski definition) is 4. The van der Waals surface area contributed by atoms with Crippen LogP contribution in [0.2, 0.25) is 0 Å². The van der Waals surface area contributed by atoms with Crippen LogP contribution in [-0.4, -0.2) is 18.4 Å². The van der Waals surface area contributed by atoms with Gasteiger partial charge in [0.2, 0.25) is 0 Å². The summed E-state index contributed by atoms with van der Waals surface area (Å²) in [5.41, 5.74) is 3.68. The summed E-state index contributed by atoms with van der Waals surface area (Å²) < 4.78 is 5.71. The fourth-order valence-corrected chi connectivity index (χ4v) is 3.93. The van der Waals surface area contributed by atoms with Crippen molar-refractivity contribution in [1.82, 2.24) is 0 Å².